The highest BCUT2D eigenvalue weighted by molar-refractivity contribution is 6.01. The zero-order valence-corrected chi connectivity index (χ0v) is 14.2. The SMILES string of the molecule is CC(NC(=O)c1ccoc1)C(=O)Nc1cc(C(C)(C)C)ccc1O. The first-order valence-corrected chi connectivity index (χ1v) is 7.66. The number of benzene rings is 1. The van der Waals surface area contributed by atoms with E-state index in [1.165, 1.54) is 18.6 Å². The lowest BCUT2D eigenvalue weighted by atomic mass is 9.87. The molecule has 1 atom stereocenters. The number of rotatable bonds is 4. The van der Waals surface area contributed by atoms with Gasteiger partial charge in [0.15, 0.2) is 0 Å². The number of carbonyl (C=O) groups is 2. The largest absolute Gasteiger partial charge is 0.506 e. The number of furan rings is 1. The molecule has 24 heavy (non-hydrogen) atoms. The highest BCUT2D eigenvalue weighted by atomic mass is 16.3. The third-order valence-electron chi connectivity index (χ3n) is 3.64. The number of carbonyl (C=O) groups excluding carboxylic acids is 2. The third kappa shape index (κ3) is 4.16. The van der Waals surface area contributed by atoms with Gasteiger partial charge in [0.2, 0.25) is 5.91 Å². The van der Waals surface area contributed by atoms with Crippen molar-refractivity contribution in [2.45, 2.75) is 39.2 Å². The Hall–Kier alpha value is -2.76. The second kappa shape index (κ2) is 6.78. The summed E-state index contributed by atoms with van der Waals surface area (Å²) in [5.74, 6) is -0.850. The van der Waals surface area contributed by atoms with Gasteiger partial charge in [-0.25, -0.2) is 0 Å². The van der Waals surface area contributed by atoms with Crippen molar-refractivity contribution in [1.82, 2.24) is 5.32 Å². The quantitative estimate of drug-likeness (QED) is 0.751. The van der Waals surface area contributed by atoms with Gasteiger partial charge in [0.05, 0.1) is 17.5 Å². The molecule has 0 aliphatic rings. The van der Waals surface area contributed by atoms with E-state index in [0.29, 0.717) is 11.3 Å². The van der Waals surface area contributed by atoms with Gasteiger partial charge in [-0.3, -0.25) is 9.59 Å². The molecule has 0 saturated carbocycles. The summed E-state index contributed by atoms with van der Waals surface area (Å²) in [6, 6.07) is 5.83. The van der Waals surface area contributed by atoms with Crippen molar-refractivity contribution in [2.24, 2.45) is 0 Å². The van der Waals surface area contributed by atoms with Crippen LogP contribution in [-0.2, 0) is 10.2 Å². The summed E-state index contributed by atoms with van der Waals surface area (Å²) < 4.78 is 4.84. The van der Waals surface area contributed by atoms with E-state index in [2.05, 4.69) is 10.6 Å². The first-order chi connectivity index (χ1) is 11.2. The van der Waals surface area contributed by atoms with Crippen LogP contribution in [0.5, 0.6) is 5.75 Å². The Bertz CT molecular complexity index is 730. The molecule has 1 aromatic heterocycles. The van der Waals surface area contributed by atoms with E-state index >= 15 is 0 Å². The van der Waals surface area contributed by atoms with Crippen molar-refractivity contribution in [3.63, 3.8) is 0 Å². The maximum absolute atomic E-state index is 12.3. The molecule has 6 nitrogen and oxygen atoms in total. The molecule has 1 aromatic carbocycles. The van der Waals surface area contributed by atoms with Gasteiger partial charge in [-0.1, -0.05) is 26.8 Å². The first-order valence-electron chi connectivity index (χ1n) is 7.66. The molecule has 0 aliphatic carbocycles. The maximum Gasteiger partial charge on any atom is 0.255 e. The Morgan fingerprint density at radius 1 is 1.21 bits per heavy atom. The normalized spacial score (nSPS) is 12.5. The highest BCUT2D eigenvalue weighted by Crippen LogP contribution is 2.30. The number of phenols is 1. The standard InChI is InChI=1S/C18H22N2O4/c1-11(19-17(23)12-7-8-24-10-12)16(22)20-14-9-13(18(2,3)4)5-6-15(14)21/h5-11,21H,1-4H3,(H,19,23)(H,20,22). The molecule has 0 bridgehead atoms. The van der Waals surface area contributed by atoms with Crippen LogP contribution in [-0.4, -0.2) is 23.0 Å². The zero-order valence-electron chi connectivity index (χ0n) is 14.2. The smallest absolute Gasteiger partial charge is 0.255 e. The molecule has 6 heteroatoms. The molecule has 0 aliphatic heterocycles. The van der Waals surface area contributed by atoms with E-state index < -0.39 is 17.9 Å². The number of nitrogens with one attached hydrogen (secondary N) is 2. The van der Waals surface area contributed by atoms with Crippen molar-refractivity contribution in [3.05, 3.63) is 47.9 Å². The van der Waals surface area contributed by atoms with E-state index in [1.54, 1.807) is 19.1 Å². The van der Waals surface area contributed by atoms with Gasteiger partial charge in [0.25, 0.3) is 5.91 Å². The second-order valence-electron chi connectivity index (χ2n) is 6.68. The van der Waals surface area contributed by atoms with Gasteiger partial charge in [0, 0.05) is 0 Å². The topological polar surface area (TPSA) is 91.6 Å². The summed E-state index contributed by atoms with van der Waals surface area (Å²) >= 11 is 0. The summed E-state index contributed by atoms with van der Waals surface area (Å²) in [4.78, 5) is 24.2. The van der Waals surface area contributed by atoms with Crippen LogP contribution in [0.4, 0.5) is 5.69 Å². The zero-order chi connectivity index (χ0) is 17.9. The molecule has 0 radical (unpaired) electrons. The monoisotopic (exact) mass is 330 g/mol. The Balaban J connectivity index is 2.07. The van der Waals surface area contributed by atoms with Crippen molar-refractivity contribution < 1.29 is 19.1 Å². The van der Waals surface area contributed by atoms with Crippen LogP contribution in [0, 0.1) is 0 Å². The van der Waals surface area contributed by atoms with Crippen LogP contribution in [0.2, 0.25) is 0 Å². The third-order valence-corrected chi connectivity index (χ3v) is 3.64. The molecule has 3 N–H and O–H groups in total. The minimum absolute atomic E-state index is 0.0234. The summed E-state index contributed by atoms with van der Waals surface area (Å²) in [7, 11) is 0. The molecule has 0 saturated heterocycles. The van der Waals surface area contributed by atoms with Crippen molar-refractivity contribution in [3.8, 4) is 5.75 Å². The predicted molar refractivity (Wildman–Crippen MR) is 91.1 cm³/mol. The van der Waals surface area contributed by atoms with Gasteiger partial charge in [0.1, 0.15) is 18.1 Å². The van der Waals surface area contributed by atoms with E-state index in [-0.39, 0.29) is 11.2 Å². The van der Waals surface area contributed by atoms with Gasteiger partial charge in [-0.05, 0) is 36.1 Å². The van der Waals surface area contributed by atoms with Crippen LogP contribution < -0.4 is 10.6 Å². The lowest BCUT2D eigenvalue weighted by molar-refractivity contribution is -0.117. The average Bonchev–Trinajstić information content (AvgIpc) is 3.02. The Kier molecular flexibility index (Phi) is 4.97. The fraction of sp³-hybridized carbons (Fsp3) is 0.333. The average molecular weight is 330 g/mol. The van der Waals surface area contributed by atoms with E-state index in [9.17, 15) is 14.7 Å². The van der Waals surface area contributed by atoms with Gasteiger partial charge in [-0.15, -0.1) is 0 Å². The van der Waals surface area contributed by atoms with Crippen LogP contribution in [0.3, 0.4) is 0 Å². The first kappa shape index (κ1) is 17.6. The molecule has 1 unspecified atom stereocenters. The summed E-state index contributed by atoms with van der Waals surface area (Å²) in [5.41, 5.74) is 1.52. The van der Waals surface area contributed by atoms with Crippen LogP contribution >= 0.6 is 0 Å². The predicted octanol–water partition coefficient (Wildman–Crippen LogP) is 3.04. The van der Waals surface area contributed by atoms with Gasteiger partial charge >= 0.3 is 0 Å². The molecule has 1 heterocycles. The Labute approximate surface area is 140 Å². The summed E-state index contributed by atoms with van der Waals surface area (Å²) in [5, 5.41) is 15.2. The molecule has 2 rings (SSSR count). The molecule has 2 amide bonds. The summed E-state index contributed by atoms with van der Waals surface area (Å²) in [6.07, 6.45) is 2.69. The molecule has 0 spiro atoms. The molecule has 0 fully saturated rings. The number of hydrogen-bond donors (Lipinski definition) is 3. The number of anilines is 1. The van der Waals surface area contributed by atoms with E-state index in [4.69, 9.17) is 4.42 Å². The van der Waals surface area contributed by atoms with Crippen LogP contribution in [0.25, 0.3) is 0 Å². The van der Waals surface area contributed by atoms with Crippen LogP contribution in [0.15, 0.2) is 41.2 Å². The number of aromatic hydroxyl groups is 1. The minimum Gasteiger partial charge on any atom is -0.506 e. The van der Waals surface area contributed by atoms with E-state index in [0.717, 1.165) is 5.56 Å². The van der Waals surface area contributed by atoms with Crippen molar-refractivity contribution in [1.29, 1.82) is 0 Å². The summed E-state index contributed by atoms with van der Waals surface area (Å²) in [6.45, 7) is 7.69. The fourth-order valence-corrected chi connectivity index (χ4v) is 2.08. The lowest BCUT2D eigenvalue weighted by Crippen LogP contribution is -2.41. The number of amides is 2. The Morgan fingerprint density at radius 2 is 1.92 bits per heavy atom. The second-order valence-corrected chi connectivity index (χ2v) is 6.68. The molecule has 2 aromatic rings. The molecular formula is C18H22N2O4. The van der Waals surface area contributed by atoms with E-state index in [1.807, 2.05) is 26.8 Å². The Morgan fingerprint density at radius 3 is 2.50 bits per heavy atom. The van der Waals surface area contributed by atoms with Gasteiger partial charge in [-0.2, -0.15) is 0 Å². The number of phenolic OH excluding ortho intramolecular Hbond substituents is 1. The van der Waals surface area contributed by atoms with Gasteiger partial charge < -0.3 is 20.2 Å². The van der Waals surface area contributed by atoms with Crippen LogP contribution in [0.1, 0.15) is 43.6 Å². The van der Waals surface area contributed by atoms with Crippen molar-refractivity contribution >= 4 is 17.5 Å². The minimum atomic E-state index is -0.773. The van der Waals surface area contributed by atoms with Crippen molar-refractivity contribution in [2.75, 3.05) is 5.32 Å². The molecular weight excluding hydrogens is 308 g/mol. The maximum atomic E-state index is 12.3. The number of hydrogen-bond acceptors (Lipinski definition) is 4. The highest BCUT2D eigenvalue weighted by Gasteiger charge is 2.20. The lowest BCUT2D eigenvalue weighted by Gasteiger charge is -2.21. The molecule has 128 valence electrons. The fourth-order valence-electron chi connectivity index (χ4n) is 2.08.